The van der Waals surface area contributed by atoms with Crippen molar-refractivity contribution in [1.82, 2.24) is 15.0 Å². The fourth-order valence-electron chi connectivity index (χ4n) is 1.93. The van der Waals surface area contributed by atoms with Gasteiger partial charge in [0.2, 0.25) is 5.88 Å². The Balaban J connectivity index is 0.000000188. The molecule has 0 radical (unpaired) electrons. The molecule has 2 aliphatic carbocycles. The van der Waals surface area contributed by atoms with Gasteiger partial charge in [0.25, 0.3) is 0 Å². The standard InChI is InChI=1S/C12H13N3O.C5H4FN/c13-5-10-6-14-11(9-3-4-9)15-12(10)16-7-8-1-2-8;6-5-2-1-3-7-4-5/h6,8-9H,1-4,7H2;1-4H. The molecule has 2 aromatic heterocycles. The third-order valence-electron chi connectivity index (χ3n) is 3.61. The van der Waals surface area contributed by atoms with Gasteiger partial charge >= 0.3 is 0 Å². The molecule has 0 amide bonds. The zero-order valence-corrected chi connectivity index (χ0v) is 12.7. The molecule has 0 aromatic carbocycles. The predicted octanol–water partition coefficient (Wildman–Crippen LogP) is 3.24. The molecule has 0 aliphatic heterocycles. The minimum absolute atomic E-state index is 0.289. The van der Waals surface area contributed by atoms with Gasteiger partial charge in [0.1, 0.15) is 23.3 Å². The second-order valence-corrected chi connectivity index (χ2v) is 5.76. The monoisotopic (exact) mass is 312 g/mol. The van der Waals surface area contributed by atoms with Crippen molar-refractivity contribution in [3.05, 3.63) is 47.9 Å². The summed E-state index contributed by atoms with van der Waals surface area (Å²) in [6.45, 7) is 0.690. The minimum atomic E-state index is -0.289. The van der Waals surface area contributed by atoms with Gasteiger partial charge in [-0.25, -0.2) is 9.37 Å². The highest BCUT2D eigenvalue weighted by Crippen LogP contribution is 2.38. The van der Waals surface area contributed by atoms with E-state index in [2.05, 4.69) is 21.0 Å². The Bertz CT molecular complexity index is 693. The molecule has 0 saturated heterocycles. The normalized spacial score (nSPS) is 16.0. The van der Waals surface area contributed by atoms with Crippen molar-refractivity contribution < 1.29 is 9.13 Å². The van der Waals surface area contributed by atoms with E-state index in [0.29, 0.717) is 29.9 Å². The lowest BCUT2D eigenvalue weighted by molar-refractivity contribution is 0.286. The van der Waals surface area contributed by atoms with E-state index < -0.39 is 0 Å². The lowest BCUT2D eigenvalue weighted by atomic mass is 10.3. The second kappa shape index (κ2) is 7.14. The molecule has 0 atom stereocenters. The first-order chi connectivity index (χ1) is 11.3. The molecule has 118 valence electrons. The molecule has 0 bridgehead atoms. The topological polar surface area (TPSA) is 71.7 Å². The molecule has 4 rings (SSSR count). The Hall–Kier alpha value is -2.55. The van der Waals surface area contributed by atoms with E-state index in [9.17, 15) is 4.39 Å². The van der Waals surface area contributed by atoms with Crippen molar-refractivity contribution in [2.45, 2.75) is 31.6 Å². The quantitative estimate of drug-likeness (QED) is 0.866. The van der Waals surface area contributed by atoms with Gasteiger partial charge in [-0.3, -0.25) is 4.98 Å². The van der Waals surface area contributed by atoms with Crippen molar-refractivity contribution in [1.29, 1.82) is 5.26 Å². The van der Waals surface area contributed by atoms with Crippen molar-refractivity contribution in [3.8, 4) is 11.9 Å². The van der Waals surface area contributed by atoms with E-state index in [1.54, 1.807) is 12.3 Å². The smallest absolute Gasteiger partial charge is 0.235 e. The van der Waals surface area contributed by atoms with Crippen molar-refractivity contribution in [2.75, 3.05) is 6.61 Å². The van der Waals surface area contributed by atoms with Crippen LogP contribution in [0.3, 0.4) is 0 Å². The summed E-state index contributed by atoms with van der Waals surface area (Å²) in [5, 5.41) is 8.93. The average Bonchev–Trinajstić information content (AvgIpc) is 3.48. The molecule has 2 aromatic rings. The molecule has 2 aliphatic rings. The van der Waals surface area contributed by atoms with Crippen LogP contribution in [0.25, 0.3) is 0 Å². The molecule has 2 heterocycles. The van der Waals surface area contributed by atoms with Crippen LogP contribution in [-0.4, -0.2) is 21.6 Å². The Morgan fingerprint density at radius 3 is 2.61 bits per heavy atom. The number of nitriles is 1. The zero-order chi connectivity index (χ0) is 16.1. The maximum absolute atomic E-state index is 11.8. The largest absolute Gasteiger partial charge is 0.476 e. The molecule has 6 heteroatoms. The number of halogens is 1. The van der Waals surface area contributed by atoms with Gasteiger partial charge in [-0.2, -0.15) is 10.2 Å². The van der Waals surface area contributed by atoms with Gasteiger partial charge in [-0.05, 0) is 43.7 Å². The fraction of sp³-hybridized carbons (Fsp3) is 0.412. The van der Waals surface area contributed by atoms with Crippen molar-refractivity contribution in [3.63, 3.8) is 0 Å². The summed E-state index contributed by atoms with van der Waals surface area (Å²) in [5.74, 6) is 2.19. The summed E-state index contributed by atoms with van der Waals surface area (Å²) in [7, 11) is 0. The van der Waals surface area contributed by atoms with Crippen LogP contribution in [0.1, 0.15) is 43.0 Å². The van der Waals surface area contributed by atoms with Gasteiger partial charge in [0.05, 0.1) is 19.0 Å². The van der Waals surface area contributed by atoms with Crippen LogP contribution >= 0.6 is 0 Å². The Morgan fingerprint density at radius 2 is 2.09 bits per heavy atom. The molecular weight excluding hydrogens is 295 g/mol. The van der Waals surface area contributed by atoms with Crippen LogP contribution in [0.2, 0.25) is 0 Å². The van der Waals surface area contributed by atoms with Gasteiger partial charge in [0, 0.05) is 12.1 Å². The maximum Gasteiger partial charge on any atom is 0.235 e. The van der Waals surface area contributed by atoms with Gasteiger partial charge in [-0.1, -0.05) is 0 Å². The molecule has 5 nitrogen and oxygen atoms in total. The van der Waals surface area contributed by atoms with Gasteiger partial charge < -0.3 is 4.74 Å². The van der Waals surface area contributed by atoms with Gasteiger partial charge in [0.15, 0.2) is 0 Å². The van der Waals surface area contributed by atoms with Crippen LogP contribution in [-0.2, 0) is 0 Å². The number of pyridine rings is 1. The van der Waals surface area contributed by atoms with E-state index in [1.165, 1.54) is 31.3 Å². The SMILES string of the molecule is Fc1cccnc1.N#Cc1cnc(C2CC2)nc1OCC1CC1. The third-order valence-corrected chi connectivity index (χ3v) is 3.61. The fourth-order valence-corrected chi connectivity index (χ4v) is 1.93. The number of rotatable bonds is 4. The lowest BCUT2D eigenvalue weighted by Gasteiger charge is -2.06. The lowest BCUT2D eigenvalue weighted by Crippen LogP contribution is -2.05. The highest BCUT2D eigenvalue weighted by atomic mass is 19.1. The van der Waals surface area contributed by atoms with Crippen LogP contribution in [0.15, 0.2) is 30.7 Å². The molecule has 0 N–H and O–H groups in total. The Morgan fingerprint density at radius 1 is 1.26 bits per heavy atom. The molecule has 2 saturated carbocycles. The van der Waals surface area contributed by atoms with E-state index in [1.807, 2.05) is 0 Å². The second-order valence-electron chi connectivity index (χ2n) is 5.76. The first-order valence-electron chi connectivity index (χ1n) is 7.71. The van der Waals surface area contributed by atoms with Crippen LogP contribution < -0.4 is 4.74 Å². The first-order valence-corrected chi connectivity index (χ1v) is 7.71. The molecule has 2 fully saturated rings. The number of ether oxygens (including phenoxy) is 1. The third kappa shape index (κ3) is 4.71. The highest BCUT2D eigenvalue weighted by molar-refractivity contribution is 5.36. The summed E-state index contributed by atoms with van der Waals surface area (Å²) in [4.78, 5) is 12.1. The number of nitrogens with zero attached hydrogens (tertiary/aromatic N) is 4. The van der Waals surface area contributed by atoms with Crippen LogP contribution in [0.5, 0.6) is 5.88 Å². The summed E-state index contributed by atoms with van der Waals surface area (Å²) in [6.07, 6.45) is 9.08. The number of hydrogen-bond acceptors (Lipinski definition) is 5. The van der Waals surface area contributed by atoms with Crippen LogP contribution in [0.4, 0.5) is 4.39 Å². The van der Waals surface area contributed by atoms with Crippen LogP contribution in [0, 0.1) is 23.1 Å². The summed E-state index contributed by atoms with van der Waals surface area (Å²) < 4.78 is 17.4. The maximum atomic E-state index is 11.8. The molecule has 0 spiro atoms. The Labute approximate surface area is 134 Å². The predicted molar refractivity (Wildman–Crippen MR) is 81.1 cm³/mol. The molecular formula is C17H17FN4O. The average molecular weight is 312 g/mol. The van der Waals surface area contributed by atoms with Crippen molar-refractivity contribution in [2.24, 2.45) is 5.92 Å². The number of aromatic nitrogens is 3. The first kappa shape index (κ1) is 15.3. The summed E-state index contributed by atoms with van der Waals surface area (Å²) >= 11 is 0. The van der Waals surface area contributed by atoms with Gasteiger partial charge in [-0.15, -0.1) is 0 Å². The Kier molecular flexibility index (Phi) is 4.77. The van der Waals surface area contributed by atoms with E-state index in [0.717, 1.165) is 18.7 Å². The number of hydrogen-bond donors (Lipinski definition) is 0. The molecule has 0 unspecified atom stereocenters. The van der Waals surface area contributed by atoms with Crippen molar-refractivity contribution >= 4 is 0 Å². The van der Waals surface area contributed by atoms with E-state index in [4.69, 9.17) is 10.00 Å². The molecule has 23 heavy (non-hydrogen) atoms. The highest BCUT2D eigenvalue weighted by Gasteiger charge is 2.28. The van der Waals surface area contributed by atoms with E-state index in [-0.39, 0.29) is 5.82 Å². The van der Waals surface area contributed by atoms with E-state index >= 15 is 0 Å². The minimum Gasteiger partial charge on any atom is -0.476 e. The summed E-state index contributed by atoms with van der Waals surface area (Å²) in [6, 6.07) is 4.98. The zero-order valence-electron chi connectivity index (χ0n) is 12.7. The summed E-state index contributed by atoms with van der Waals surface area (Å²) in [5.41, 5.74) is 0.449.